The van der Waals surface area contributed by atoms with Crippen molar-refractivity contribution in [2.75, 3.05) is 0 Å². The number of pyridine rings is 5. The molecule has 0 N–H and O–H groups in total. The molecule has 0 unspecified atom stereocenters. The zero-order chi connectivity index (χ0) is 82.1. The summed E-state index contributed by atoms with van der Waals surface area (Å²) in [5, 5.41) is 5.37. The first-order chi connectivity index (χ1) is 57.5. The lowest BCUT2D eigenvalue weighted by molar-refractivity contribution is 0.458. The summed E-state index contributed by atoms with van der Waals surface area (Å²) in [5.74, 6) is 8.08. The minimum Gasteiger partial charge on any atom is -0.616 e. The van der Waals surface area contributed by atoms with Crippen LogP contribution in [0, 0.1) is 76.2 Å². The molecule has 5 aromatic heterocycles. The second-order valence-electron chi connectivity index (χ2n) is 28.1. The van der Waals surface area contributed by atoms with E-state index in [4.69, 9.17) is 37.9 Å². The van der Waals surface area contributed by atoms with Crippen molar-refractivity contribution in [2.24, 2.45) is 0 Å². The maximum absolute atomic E-state index is 5.92. The van der Waals surface area contributed by atoms with Gasteiger partial charge in [0.25, 0.3) is 0 Å². The van der Waals surface area contributed by atoms with Gasteiger partial charge in [-0.2, -0.15) is 0 Å². The highest BCUT2D eigenvalue weighted by Gasteiger charge is 2.17. The highest BCUT2D eigenvalue weighted by atomic mass is 27.2. The first-order valence-corrected chi connectivity index (χ1v) is 43.3. The lowest BCUT2D eigenvalue weighted by atomic mass is 10.1. The molecule has 20 heteroatoms. The van der Waals surface area contributed by atoms with Gasteiger partial charge >= 0.3 is 79.4 Å². The van der Waals surface area contributed by atoms with Crippen LogP contribution in [0.4, 0.5) is 0 Å². The van der Waals surface area contributed by atoms with Gasteiger partial charge in [-0.15, -0.1) is 0 Å². The fourth-order valence-electron chi connectivity index (χ4n) is 12.6. The fraction of sp³-hybridized carbons (Fsp3) is 0.112. The summed E-state index contributed by atoms with van der Waals surface area (Å²) in [7, 11) is 0. The first-order valence-electron chi connectivity index (χ1n) is 38.6. The molecule has 0 saturated carbocycles. The van der Waals surface area contributed by atoms with Gasteiger partial charge < -0.3 is 37.9 Å². The summed E-state index contributed by atoms with van der Waals surface area (Å²) in [6.45, 7) is 22.3. The van der Waals surface area contributed by atoms with E-state index < -0.39 is 79.4 Å². The van der Waals surface area contributed by atoms with Gasteiger partial charge in [-0.05, 0) is 247 Å². The number of fused-ring (bicyclic) bond motifs is 5. The Morgan fingerprint density at radius 1 is 0.186 bits per heavy atom. The van der Waals surface area contributed by atoms with Gasteiger partial charge in [0.05, 0.1) is 28.7 Å². The van der Waals surface area contributed by atoms with Crippen LogP contribution < -0.4 is 37.9 Å². The molecule has 12 aromatic carbocycles. The molecule has 0 amide bonds. The summed E-state index contributed by atoms with van der Waals surface area (Å²) in [6.07, 6.45) is 0. The topological polar surface area (TPSA) is 157 Å². The van der Waals surface area contributed by atoms with E-state index in [1.807, 2.05) is 259 Å². The summed E-state index contributed by atoms with van der Waals surface area (Å²) in [6, 6.07) is 105. The molecule has 0 aliphatic carbocycles. The van der Waals surface area contributed by atoms with Crippen LogP contribution >= 0.6 is 0 Å². The minimum absolute atomic E-state index is 0.627. The second-order valence-corrected chi connectivity index (χ2v) is 31.4. The van der Waals surface area contributed by atoms with Crippen molar-refractivity contribution in [1.82, 2.24) is 24.9 Å². The molecule has 5 heterocycles. The molecule has 0 atom stereocenters. The average molecular weight is 1630 g/mol. The number of nitrogens with zero attached hydrogens (tertiary/aromatic N) is 5. The van der Waals surface area contributed by atoms with Gasteiger partial charge in [0.15, 0.2) is 0 Å². The van der Waals surface area contributed by atoms with Gasteiger partial charge in [0, 0.05) is 55.4 Å². The molecule has 17 aromatic rings. The van der Waals surface area contributed by atoms with Gasteiger partial charge in [0.2, 0.25) is 0 Å². The van der Waals surface area contributed by atoms with Crippen molar-refractivity contribution in [1.29, 1.82) is 0 Å². The first kappa shape index (κ1) is 84.3. The zero-order valence-corrected chi connectivity index (χ0v) is 73.5. The molecular formula is C98H85Al5N5O10. The summed E-state index contributed by atoms with van der Waals surface area (Å²) >= 11 is -3.23. The Balaban J connectivity index is 0.000000128. The number of benzene rings is 12. The number of aromatic nitrogens is 5. The summed E-state index contributed by atoms with van der Waals surface area (Å²) in [5.41, 5.74) is 21.2. The lowest BCUT2D eigenvalue weighted by Gasteiger charge is -2.13. The van der Waals surface area contributed by atoms with E-state index in [0.29, 0.717) is 0 Å². The van der Waals surface area contributed by atoms with E-state index in [1.54, 1.807) is 0 Å². The number of hydrogen-bond donors (Lipinski definition) is 0. The zero-order valence-electron chi connectivity index (χ0n) is 67.7. The van der Waals surface area contributed by atoms with E-state index >= 15 is 0 Å². The Labute approximate surface area is 723 Å². The second kappa shape index (κ2) is 42.0. The minimum atomic E-state index is -0.680. The largest absolute Gasteiger partial charge is 0.881 e. The van der Waals surface area contributed by atoms with Crippen molar-refractivity contribution in [3.05, 3.63) is 377 Å². The SMILES string of the molecule is Cc1cc(C)cc([O][Al][O]c2cccc3ccc(C)nc23)c1.Cc1ccc2cccc([O][Al][O]c3ccc(-c4ccccc4)cc3)c2n1.Cc1ccc2cccc([O][Al][O]c3ccc(C)c(C)c3)c2n1.Cc1ccc2cccc([O][Al][O]c3cccc(-c4ccccc4)c3)c2n1.Cc1ccc2cccc([O][Al][O]c3cccc(C)c3C)c2n1. The fourth-order valence-corrected chi connectivity index (χ4v) is 15.7. The number of hydrogen-bond acceptors (Lipinski definition) is 15. The predicted molar refractivity (Wildman–Crippen MR) is 479 cm³/mol. The standard InChI is InChI=1S/2C12H10O.5C10H9NO.3C8H10O.5Al/c13-12-8-4-7-11(9-12)10-5-2-1-3-6-10;13-12-8-6-11(7-9-12)10-4-2-1-3-5-10;5*1-7-5-6-8-3-2-4-9(12)10(8)11-7;1-6-3-7(2)5-8(9)4-6;1-6-3-4-8(9)5-7(6)2;1-6-4-3-5-8(9)7(6)2;;;;;/h2*1-9,13H;5*2-6,12H,1H3;3*3-5,9H,1-2H3;;;;;/q;;;;;;;;;;5*+2/p-10. The van der Waals surface area contributed by atoms with Gasteiger partial charge in [0.1, 0.15) is 56.3 Å². The average Bonchev–Trinajstić information content (AvgIpc) is 0.837. The van der Waals surface area contributed by atoms with Crippen molar-refractivity contribution in [2.45, 2.75) is 76.2 Å². The maximum atomic E-state index is 5.92. The Kier molecular flexibility index (Phi) is 30.0. The molecule has 5 radical (unpaired) electrons. The third kappa shape index (κ3) is 23.8. The molecule has 15 nitrogen and oxygen atoms in total. The number of para-hydroxylation sites is 5. The quantitative estimate of drug-likeness (QED) is 0.0590. The highest BCUT2D eigenvalue weighted by Crippen LogP contribution is 2.32. The van der Waals surface area contributed by atoms with Crippen LogP contribution in [0.1, 0.15) is 61.9 Å². The smallest absolute Gasteiger partial charge is 0.616 e. The predicted octanol–water partition coefficient (Wildman–Crippen LogP) is 22.9. The van der Waals surface area contributed by atoms with Gasteiger partial charge in [-0.1, -0.05) is 200 Å². The Hall–Kier alpha value is -11.6. The molecule has 0 fully saturated rings. The van der Waals surface area contributed by atoms with E-state index in [1.165, 1.54) is 44.5 Å². The van der Waals surface area contributed by atoms with Crippen molar-refractivity contribution in [3.63, 3.8) is 0 Å². The third-order valence-electron chi connectivity index (χ3n) is 19.0. The molecule has 0 bridgehead atoms. The molecular weight excluding hydrogens is 1540 g/mol. The monoisotopic (exact) mass is 1630 g/mol. The van der Waals surface area contributed by atoms with Crippen LogP contribution in [-0.4, -0.2) is 104 Å². The normalized spacial score (nSPS) is 10.5. The van der Waals surface area contributed by atoms with E-state index in [2.05, 4.69) is 157 Å². The van der Waals surface area contributed by atoms with E-state index in [0.717, 1.165) is 152 Å². The summed E-state index contributed by atoms with van der Waals surface area (Å²) in [4.78, 5) is 22.9. The van der Waals surface area contributed by atoms with Crippen molar-refractivity contribution in [3.8, 4) is 79.7 Å². The van der Waals surface area contributed by atoms with Crippen molar-refractivity contribution >= 4 is 134 Å². The third-order valence-corrected chi connectivity index (χ3v) is 22.6. The molecule has 17 rings (SSSR count). The van der Waals surface area contributed by atoms with Crippen molar-refractivity contribution < 1.29 is 37.9 Å². The highest BCUT2D eigenvalue weighted by molar-refractivity contribution is 6.23. The van der Waals surface area contributed by atoms with Crippen LogP contribution in [0.2, 0.25) is 0 Å². The van der Waals surface area contributed by atoms with Crippen LogP contribution in [0.25, 0.3) is 76.8 Å². The van der Waals surface area contributed by atoms with Gasteiger partial charge in [-0.3, -0.25) is 0 Å². The number of aryl methyl sites for hydroxylation is 10. The molecule has 118 heavy (non-hydrogen) atoms. The summed E-state index contributed by atoms with van der Waals surface area (Å²) < 4.78 is 58.5. The van der Waals surface area contributed by atoms with E-state index in [-0.39, 0.29) is 0 Å². The Bertz CT molecular complexity index is 6230. The number of rotatable bonds is 22. The van der Waals surface area contributed by atoms with Gasteiger partial charge in [-0.25, -0.2) is 24.9 Å². The molecule has 0 spiro atoms. The van der Waals surface area contributed by atoms with E-state index in [9.17, 15) is 0 Å². The molecule has 0 aliphatic rings. The molecule has 577 valence electrons. The van der Waals surface area contributed by atoms with Crippen LogP contribution in [-0.2, 0) is 0 Å². The van der Waals surface area contributed by atoms with Crippen LogP contribution in [0.3, 0.4) is 0 Å². The van der Waals surface area contributed by atoms with Crippen LogP contribution in [0.15, 0.2) is 315 Å². The lowest BCUT2D eigenvalue weighted by Crippen LogP contribution is -2.12. The maximum Gasteiger partial charge on any atom is 0.881 e. The Morgan fingerprint density at radius 2 is 0.492 bits per heavy atom. The molecule has 0 aliphatic heterocycles. The molecule has 0 saturated heterocycles. The van der Waals surface area contributed by atoms with Crippen LogP contribution in [0.5, 0.6) is 57.5 Å². The Morgan fingerprint density at radius 3 is 0.890 bits per heavy atom.